The van der Waals surface area contributed by atoms with E-state index in [0.29, 0.717) is 45.8 Å². The maximum absolute atomic E-state index is 12.8. The highest BCUT2D eigenvalue weighted by Crippen LogP contribution is 2.36. The summed E-state index contributed by atoms with van der Waals surface area (Å²) in [7, 11) is 0. The third kappa shape index (κ3) is 5.41. The Kier molecular flexibility index (Phi) is 6.96. The Morgan fingerprint density at radius 3 is 2.72 bits per heavy atom. The minimum Gasteiger partial charge on any atom is -0.508 e. The van der Waals surface area contributed by atoms with Gasteiger partial charge in [0.2, 0.25) is 12.7 Å². The molecule has 166 valence electrons. The predicted octanol–water partition coefficient (Wildman–Crippen LogP) is 4.52. The maximum Gasteiger partial charge on any atom is 0.266 e. The normalized spacial score (nSPS) is 16.1. The fraction of sp³-hybridized carbons (Fsp3) is 0.261. The van der Waals surface area contributed by atoms with Crippen molar-refractivity contribution in [1.82, 2.24) is 4.90 Å². The highest BCUT2D eigenvalue weighted by Gasteiger charge is 2.31. The van der Waals surface area contributed by atoms with E-state index < -0.39 is 0 Å². The molecule has 0 aliphatic carbocycles. The van der Waals surface area contributed by atoms with Crippen molar-refractivity contribution < 1.29 is 24.2 Å². The average Bonchev–Trinajstić information content (AvgIpc) is 3.34. The number of nitrogens with zero attached hydrogens (tertiary/aromatic N) is 1. The minimum atomic E-state index is -0.0947. The fourth-order valence-electron chi connectivity index (χ4n) is 3.35. The van der Waals surface area contributed by atoms with Crippen molar-refractivity contribution in [2.75, 3.05) is 18.7 Å². The number of benzene rings is 2. The van der Waals surface area contributed by atoms with Crippen LogP contribution in [-0.2, 0) is 9.59 Å². The van der Waals surface area contributed by atoms with Crippen molar-refractivity contribution in [2.24, 2.45) is 0 Å². The SMILES string of the molecule is O=C(CCCCCN1C(=O)/C(=C/c2ccc3c(c2)OCO3)SC1=S)Nc1ccc(O)cc1. The molecule has 2 aromatic carbocycles. The second-order valence-corrected chi connectivity index (χ2v) is 9.03. The number of amides is 2. The number of thioether (sulfide) groups is 1. The van der Waals surface area contributed by atoms with Crippen LogP contribution in [0.5, 0.6) is 17.2 Å². The Labute approximate surface area is 195 Å². The second kappa shape index (κ2) is 10.1. The lowest BCUT2D eigenvalue weighted by molar-refractivity contribution is -0.122. The smallest absolute Gasteiger partial charge is 0.266 e. The summed E-state index contributed by atoms with van der Waals surface area (Å²) in [5.41, 5.74) is 1.51. The highest BCUT2D eigenvalue weighted by atomic mass is 32.2. The van der Waals surface area contributed by atoms with Gasteiger partial charge in [0.1, 0.15) is 10.1 Å². The summed E-state index contributed by atoms with van der Waals surface area (Å²) in [6.07, 6.45) is 4.49. The van der Waals surface area contributed by atoms with Gasteiger partial charge in [0.25, 0.3) is 5.91 Å². The van der Waals surface area contributed by atoms with E-state index in [0.717, 1.165) is 18.4 Å². The summed E-state index contributed by atoms with van der Waals surface area (Å²) in [4.78, 5) is 27.0. The quantitative estimate of drug-likeness (QED) is 0.254. The zero-order chi connectivity index (χ0) is 22.5. The van der Waals surface area contributed by atoms with Crippen LogP contribution >= 0.6 is 24.0 Å². The standard InChI is InChI=1S/C23H22N2O5S2/c26-17-8-6-16(7-9-17)24-21(27)4-2-1-3-11-25-22(28)20(32-23(25)31)13-15-5-10-18-19(12-15)30-14-29-18/h5-10,12-13,26H,1-4,11,14H2,(H,24,27)/b20-13-. The number of carbonyl (C=O) groups excluding carboxylic acids is 2. The van der Waals surface area contributed by atoms with Crippen molar-refractivity contribution in [3.63, 3.8) is 0 Å². The average molecular weight is 471 g/mol. The van der Waals surface area contributed by atoms with Gasteiger partial charge in [0.15, 0.2) is 11.5 Å². The van der Waals surface area contributed by atoms with Gasteiger partial charge in [0, 0.05) is 18.7 Å². The van der Waals surface area contributed by atoms with Gasteiger partial charge in [-0.3, -0.25) is 14.5 Å². The van der Waals surface area contributed by atoms with Gasteiger partial charge < -0.3 is 19.9 Å². The van der Waals surface area contributed by atoms with Gasteiger partial charge in [-0.2, -0.15) is 0 Å². The van der Waals surface area contributed by atoms with Crippen LogP contribution in [0.15, 0.2) is 47.4 Å². The lowest BCUT2D eigenvalue weighted by Crippen LogP contribution is -2.29. The molecule has 2 amide bonds. The van der Waals surface area contributed by atoms with Gasteiger partial charge >= 0.3 is 0 Å². The molecular formula is C23H22N2O5S2. The van der Waals surface area contributed by atoms with Crippen LogP contribution in [0.25, 0.3) is 6.08 Å². The number of ether oxygens (including phenoxy) is 2. The Hall–Kier alpha value is -3.04. The van der Waals surface area contributed by atoms with Crippen LogP contribution in [-0.4, -0.2) is 39.5 Å². The topological polar surface area (TPSA) is 88.1 Å². The molecule has 32 heavy (non-hydrogen) atoms. The number of carbonyl (C=O) groups is 2. The van der Waals surface area contributed by atoms with Gasteiger partial charge in [-0.25, -0.2) is 0 Å². The predicted molar refractivity (Wildman–Crippen MR) is 128 cm³/mol. The van der Waals surface area contributed by atoms with Gasteiger partial charge in [-0.05, 0) is 60.9 Å². The summed E-state index contributed by atoms with van der Waals surface area (Å²) in [6.45, 7) is 0.738. The van der Waals surface area contributed by atoms with Crippen LogP contribution in [0.2, 0.25) is 0 Å². The summed E-state index contributed by atoms with van der Waals surface area (Å²) in [5, 5.41) is 12.1. The highest BCUT2D eigenvalue weighted by molar-refractivity contribution is 8.26. The summed E-state index contributed by atoms with van der Waals surface area (Å²) < 4.78 is 11.2. The summed E-state index contributed by atoms with van der Waals surface area (Å²) in [6, 6.07) is 11.9. The molecule has 1 saturated heterocycles. The van der Waals surface area contributed by atoms with Crippen LogP contribution < -0.4 is 14.8 Å². The van der Waals surface area contributed by atoms with Crippen LogP contribution in [0, 0.1) is 0 Å². The van der Waals surface area contributed by atoms with E-state index in [-0.39, 0.29) is 24.4 Å². The fourth-order valence-corrected chi connectivity index (χ4v) is 4.66. The van der Waals surface area contributed by atoms with Crippen molar-refractivity contribution >= 4 is 51.9 Å². The van der Waals surface area contributed by atoms with E-state index in [1.165, 1.54) is 23.9 Å². The molecule has 0 unspecified atom stereocenters. The molecule has 0 saturated carbocycles. The minimum absolute atomic E-state index is 0.0760. The number of phenolic OH excluding ortho intramolecular Hbond substituents is 1. The summed E-state index contributed by atoms with van der Waals surface area (Å²) in [5.74, 6) is 1.36. The zero-order valence-electron chi connectivity index (χ0n) is 17.2. The van der Waals surface area contributed by atoms with E-state index in [9.17, 15) is 14.7 Å². The van der Waals surface area contributed by atoms with Crippen molar-refractivity contribution in [3.05, 3.63) is 52.9 Å². The molecule has 2 N–H and O–H groups in total. The first-order valence-corrected chi connectivity index (χ1v) is 11.5. The number of aromatic hydroxyl groups is 1. The molecule has 0 spiro atoms. The number of nitrogens with one attached hydrogen (secondary N) is 1. The lowest BCUT2D eigenvalue weighted by Gasteiger charge is -2.14. The monoisotopic (exact) mass is 470 g/mol. The Morgan fingerprint density at radius 2 is 1.91 bits per heavy atom. The number of anilines is 1. The molecule has 0 bridgehead atoms. The number of thiocarbonyl (C=S) groups is 1. The first-order chi connectivity index (χ1) is 15.5. The van der Waals surface area contributed by atoms with Gasteiger partial charge in [0.05, 0.1) is 4.91 Å². The molecule has 2 heterocycles. The van der Waals surface area contributed by atoms with E-state index >= 15 is 0 Å². The van der Waals surface area contributed by atoms with Crippen LogP contribution in [0.4, 0.5) is 5.69 Å². The van der Waals surface area contributed by atoms with Crippen molar-refractivity contribution in [2.45, 2.75) is 25.7 Å². The second-order valence-electron chi connectivity index (χ2n) is 7.35. The molecule has 2 aliphatic heterocycles. The number of phenols is 1. The van der Waals surface area contributed by atoms with E-state index in [4.69, 9.17) is 21.7 Å². The molecule has 2 aliphatic rings. The third-order valence-corrected chi connectivity index (χ3v) is 6.38. The molecule has 9 heteroatoms. The van der Waals surface area contributed by atoms with E-state index in [2.05, 4.69) is 5.32 Å². The molecule has 4 rings (SSSR count). The Bertz CT molecular complexity index is 1070. The Morgan fingerprint density at radius 1 is 1.12 bits per heavy atom. The number of hydrogen-bond acceptors (Lipinski definition) is 7. The number of fused-ring (bicyclic) bond motifs is 1. The third-order valence-electron chi connectivity index (χ3n) is 5.00. The number of unbranched alkanes of at least 4 members (excludes halogenated alkanes) is 2. The molecule has 0 radical (unpaired) electrons. The molecular weight excluding hydrogens is 448 g/mol. The van der Waals surface area contributed by atoms with Crippen molar-refractivity contribution in [1.29, 1.82) is 0 Å². The van der Waals surface area contributed by atoms with Crippen molar-refractivity contribution in [3.8, 4) is 17.2 Å². The molecule has 0 atom stereocenters. The molecule has 2 aromatic rings. The molecule has 1 fully saturated rings. The first-order valence-electron chi connectivity index (χ1n) is 10.2. The van der Waals surface area contributed by atoms with E-state index in [1.807, 2.05) is 24.3 Å². The maximum atomic E-state index is 12.8. The lowest BCUT2D eigenvalue weighted by atomic mass is 10.1. The molecule has 7 nitrogen and oxygen atoms in total. The Balaban J connectivity index is 1.22. The number of rotatable bonds is 8. The van der Waals surface area contributed by atoms with Gasteiger partial charge in [-0.1, -0.05) is 36.5 Å². The van der Waals surface area contributed by atoms with Crippen LogP contribution in [0.1, 0.15) is 31.2 Å². The zero-order valence-corrected chi connectivity index (χ0v) is 18.8. The van der Waals surface area contributed by atoms with Gasteiger partial charge in [-0.15, -0.1) is 0 Å². The largest absolute Gasteiger partial charge is 0.508 e. The molecule has 0 aromatic heterocycles. The van der Waals surface area contributed by atoms with Crippen LogP contribution in [0.3, 0.4) is 0 Å². The first kappa shape index (κ1) is 22.2. The van der Waals surface area contributed by atoms with E-state index in [1.54, 1.807) is 17.0 Å². The number of hydrogen-bond donors (Lipinski definition) is 2. The summed E-state index contributed by atoms with van der Waals surface area (Å²) >= 11 is 6.69.